The molecule has 1 N–H and O–H groups in total. The molecule has 0 fully saturated rings. The first-order valence-corrected chi connectivity index (χ1v) is 12.4. The maximum atomic E-state index is 3.88. The quantitative estimate of drug-likeness (QED) is 0.173. The molecule has 0 amide bonds. The van der Waals surface area contributed by atoms with Gasteiger partial charge in [-0.15, -0.1) is 0 Å². The van der Waals surface area contributed by atoms with Crippen LogP contribution in [0, 0.1) is 0 Å². The first kappa shape index (κ1) is 27.7. The maximum absolute atomic E-state index is 3.88. The molecule has 1 atom stereocenters. The Bertz CT molecular complexity index is 208. The Morgan fingerprint density at radius 2 is 0.760 bits per heavy atom. The highest BCUT2D eigenvalue weighted by molar-refractivity contribution is 9.09. The summed E-state index contributed by atoms with van der Waals surface area (Å²) in [6.45, 7) is 4.59. The van der Waals surface area contributed by atoms with Crippen molar-refractivity contribution in [2.75, 3.05) is 14.1 Å². The van der Waals surface area contributed by atoms with Gasteiger partial charge in [-0.2, -0.15) is 0 Å². The molecule has 0 saturated heterocycles. The maximum Gasteiger partial charge on any atom is 0.0145 e. The predicted octanol–water partition coefficient (Wildman–Crippen LogP) is 8.65. The second-order valence-corrected chi connectivity index (χ2v) is 8.92. The molecule has 0 aliphatic rings. The van der Waals surface area contributed by atoms with Crippen molar-refractivity contribution >= 4 is 15.9 Å². The van der Waals surface area contributed by atoms with E-state index in [1.165, 1.54) is 116 Å². The van der Waals surface area contributed by atoms with E-state index < -0.39 is 0 Å². The van der Waals surface area contributed by atoms with E-state index in [9.17, 15) is 0 Å². The third kappa shape index (κ3) is 29.5. The molecule has 0 radical (unpaired) electrons. The smallest absolute Gasteiger partial charge is 0.0145 e. The van der Waals surface area contributed by atoms with Crippen molar-refractivity contribution in [3.8, 4) is 0 Å². The van der Waals surface area contributed by atoms with E-state index in [2.05, 4.69) is 35.1 Å². The van der Waals surface area contributed by atoms with Gasteiger partial charge in [0.25, 0.3) is 0 Å². The number of alkyl halides is 1. The summed E-state index contributed by atoms with van der Waals surface area (Å²) < 4.78 is 0. The van der Waals surface area contributed by atoms with Gasteiger partial charge in [0.2, 0.25) is 0 Å². The third-order valence-corrected chi connectivity index (χ3v) is 5.66. The zero-order chi connectivity index (χ0) is 19.0. The molecule has 0 spiro atoms. The Kier molecular flexibility index (Phi) is 29.5. The number of unbranched alkanes of at least 4 members (excludes halogenated alkanes) is 14. The number of halogens is 1. The standard InChI is InChI=1S/C21H43Br.C2H7N/c1-3-5-7-9-11-12-14-16-18-20-21(22)19-17-15-13-10-8-6-4-2;1-3-2/h21H,3-20H2,1-2H3;3H,1-2H3. The van der Waals surface area contributed by atoms with Crippen molar-refractivity contribution in [1.29, 1.82) is 0 Å². The van der Waals surface area contributed by atoms with Gasteiger partial charge in [0.05, 0.1) is 0 Å². The van der Waals surface area contributed by atoms with Crippen LogP contribution in [-0.4, -0.2) is 18.9 Å². The molecule has 0 bridgehead atoms. The minimum atomic E-state index is 0.785. The van der Waals surface area contributed by atoms with Crippen LogP contribution < -0.4 is 5.32 Å². The van der Waals surface area contributed by atoms with E-state index >= 15 is 0 Å². The highest BCUT2D eigenvalue weighted by Gasteiger charge is 2.03. The zero-order valence-electron chi connectivity index (χ0n) is 18.2. The summed E-state index contributed by atoms with van der Waals surface area (Å²) in [7, 11) is 3.75. The fourth-order valence-corrected chi connectivity index (χ4v) is 3.79. The Morgan fingerprint density at radius 3 is 1.04 bits per heavy atom. The van der Waals surface area contributed by atoms with Crippen LogP contribution in [0.25, 0.3) is 0 Å². The normalized spacial score (nSPS) is 11.9. The lowest BCUT2D eigenvalue weighted by Crippen LogP contribution is -1.97. The molecule has 0 heterocycles. The van der Waals surface area contributed by atoms with E-state index in [1.54, 1.807) is 0 Å². The molecule has 1 unspecified atom stereocenters. The molecule has 0 aromatic rings. The Morgan fingerprint density at radius 1 is 0.520 bits per heavy atom. The van der Waals surface area contributed by atoms with Crippen molar-refractivity contribution in [1.82, 2.24) is 5.32 Å². The van der Waals surface area contributed by atoms with Crippen LogP contribution in [0.15, 0.2) is 0 Å². The minimum Gasteiger partial charge on any atom is -0.323 e. The van der Waals surface area contributed by atoms with Gasteiger partial charge in [0.1, 0.15) is 0 Å². The summed E-state index contributed by atoms with van der Waals surface area (Å²) in [6.07, 6.45) is 25.8. The molecule has 0 rings (SSSR count). The summed E-state index contributed by atoms with van der Waals surface area (Å²) in [5.41, 5.74) is 0. The molecule has 154 valence electrons. The fourth-order valence-electron chi connectivity index (χ4n) is 3.14. The molecule has 25 heavy (non-hydrogen) atoms. The van der Waals surface area contributed by atoms with Gasteiger partial charge >= 0.3 is 0 Å². The Balaban J connectivity index is 0. The summed E-state index contributed by atoms with van der Waals surface area (Å²) in [5.74, 6) is 0. The van der Waals surface area contributed by atoms with Crippen LogP contribution in [0.2, 0.25) is 0 Å². The summed E-state index contributed by atoms with van der Waals surface area (Å²) in [6, 6.07) is 0. The Hall–Kier alpha value is 0.440. The predicted molar refractivity (Wildman–Crippen MR) is 122 cm³/mol. The van der Waals surface area contributed by atoms with Gasteiger partial charge in [-0.25, -0.2) is 0 Å². The summed E-state index contributed by atoms with van der Waals surface area (Å²) in [5, 5.41) is 2.75. The minimum absolute atomic E-state index is 0.785. The monoisotopic (exact) mass is 419 g/mol. The van der Waals surface area contributed by atoms with Gasteiger partial charge in [-0.05, 0) is 26.9 Å². The van der Waals surface area contributed by atoms with E-state index in [0.29, 0.717) is 0 Å². The van der Waals surface area contributed by atoms with Crippen molar-refractivity contribution in [3.63, 3.8) is 0 Å². The van der Waals surface area contributed by atoms with E-state index in [0.717, 1.165) is 4.83 Å². The molecule has 0 aliphatic carbocycles. The first-order chi connectivity index (χ1) is 12.2. The number of rotatable bonds is 18. The average molecular weight is 421 g/mol. The molecular formula is C23H50BrN. The summed E-state index contributed by atoms with van der Waals surface area (Å²) in [4.78, 5) is 0.785. The highest BCUT2D eigenvalue weighted by Crippen LogP contribution is 2.19. The lowest BCUT2D eigenvalue weighted by molar-refractivity contribution is 0.533. The number of hydrogen-bond donors (Lipinski definition) is 1. The van der Waals surface area contributed by atoms with Gasteiger partial charge in [-0.3, -0.25) is 0 Å². The molecule has 0 aromatic carbocycles. The van der Waals surface area contributed by atoms with E-state index in [-0.39, 0.29) is 0 Å². The second kappa shape index (κ2) is 26.7. The average Bonchev–Trinajstić information content (AvgIpc) is 2.60. The molecule has 0 aliphatic heterocycles. The van der Waals surface area contributed by atoms with Crippen LogP contribution in [0.4, 0.5) is 0 Å². The van der Waals surface area contributed by atoms with Crippen molar-refractivity contribution in [3.05, 3.63) is 0 Å². The van der Waals surface area contributed by atoms with Crippen LogP contribution in [-0.2, 0) is 0 Å². The summed E-state index contributed by atoms with van der Waals surface area (Å²) >= 11 is 3.88. The Labute approximate surface area is 169 Å². The van der Waals surface area contributed by atoms with Gasteiger partial charge in [0, 0.05) is 4.83 Å². The highest BCUT2D eigenvalue weighted by atomic mass is 79.9. The van der Waals surface area contributed by atoms with Gasteiger partial charge in [-0.1, -0.05) is 133 Å². The van der Waals surface area contributed by atoms with Gasteiger partial charge < -0.3 is 5.32 Å². The first-order valence-electron chi connectivity index (χ1n) is 11.4. The second-order valence-electron chi connectivity index (χ2n) is 7.62. The van der Waals surface area contributed by atoms with Crippen LogP contribution >= 0.6 is 15.9 Å². The molecule has 1 nitrogen and oxygen atoms in total. The van der Waals surface area contributed by atoms with Crippen LogP contribution in [0.5, 0.6) is 0 Å². The van der Waals surface area contributed by atoms with Crippen molar-refractivity contribution < 1.29 is 0 Å². The molecule has 2 heteroatoms. The van der Waals surface area contributed by atoms with Gasteiger partial charge in [0.15, 0.2) is 0 Å². The SMILES string of the molecule is CCCCCCCCCCCC(Br)CCCCCCCCC.CNC. The third-order valence-electron chi connectivity index (χ3n) is 4.74. The zero-order valence-corrected chi connectivity index (χ0v) is 19.8. The topological polar surface area (TPSA) is 12.0 Å². The fraction of sp³-hybridized carbons (Fsp3) is 1.00. The van der Waals surface area contributed by atoms with Crippen LogP contribution in [0.3, 0.4) is 0 Å². The van der Waals surface area contributed by atoms with Crippen molar-refractivity contribution in [2.45, 2.75) is 134 Å². The number of hydrogen-bond acceptors (Lipinski definition) is 1. The van der Waals surface area contributed by atoms with Crippen molar-refractivity contribution in [2.24, 2.45) is 0 Å². The lowest BCUT2D eigenvalue weighted by atomic mass is 10.0. The molecular weight excluding hydrogens is 370 g/mol. The molecule has 0 saturated carbocycles. The number of nitrogens with one attached hydrogen (secondary N) is 1. The van der Waals surface area contributed by atoms with E-state index in [1.807, 2.05) is 14.1 Å². The lowest BCUT2D eigenvalue weighted by Gasteiger charge is -2.09. The molecule has 0 aromatic heterocycles. The van der Waals surface area contributed by atoms with Crippen LogP contribution in [0.1, 0.15) is 129 Å². The van der Waals surface area contributed by atoms with E-state index in [4.69, 9.17) is 0 Å². The largest absolute Gasteiger partial charge is 0.323 e.